The van der Waals surface area contributed by atoms with Crippen LogP contribution in [0.15, 0.2) is 12.2 Å². The molecule has 25 heavy (non-hydrogen) atoms. The lowest BCUT2D eigenvalue weighted by Gasteiger charge is -2.46. The average molecular weight is 349 g/mol. The summed E-state index contributed by atoms with van der Waals surface area (Å²) in [5, 5.41) is 3.22. The van der Waals surface area contributed by atoms with Crippen LogP contribution in [-0.2, 0) is 0 Å². The number of rotatable bonds is 4. The number of amides is 2. The largest absolute Gasteiger partial charge is 0.335 e. The van der Waals surface area contributed by atoms with Crippen LogP contribution in [0.2, 0.25) is 0 Å². The molecule has 3 rings (SSSR count). The van der Waals surface area contributed by atoms with Gasteiger partial charge >= 0.3 is 6.03 Å². The van der Waals surface area contributed by atoms with Crippen LogP contribution in [0.1, 0.15) is 51.4 Å². The molecule has 0 aromatic heterocycles. The first kappa shape index (κ1) is 18.7. The number of carbonyl (C=O) groups is 1. The highest BCUT2D eigenvalue weighted by atomic mass is 16.2. The lowest BCUT2D eigenvalue weighted by atomic mass is 9.86. The van der Waals surface area contributed by atoms with E-state index >= 15 is 0 Å². The van der Waals surface area contributed by atoms with Crippen LogP contribution in [-0.4, -0.2) is 79.1 Å². The minimum absolute atomic E-state index is 0.113. The molecule has 5 nitrogen and oxygen atoms in total. The summed E-state index contributed by atoms with van der Waals surface area (Å²) in [5.41, 5.74) is 0. The number of hydrogen-bond acceptors (Lipinski definition) is 3. The van der Waals surface area contributed by atoms with Crippen molar-refractivity contribution in [1.29, 1.82) is 0 Å². The van der Waals surface area contributed by atoms with Crippen molar-refractivity contribution in [3.63, 3.8) is 0 Å². The summed E-state index contributed by atoms with van der Waals surface area (Å²) in [6.45, 7) is 2.38. The van der Waals surface area contributed by atoms with E-state index in [-0.39, 0.29) is 6.03 Å². The second kappa shape index (κ2) is 8.54. The van der Waals surface area contributed by atoms with Gasteiger partial charge in [0.25, 0.3) is 0 Å². The van der Waals surface area contributed by atoms with Gasteiger partial charge in [0.1, 0.15) is 0 Å². The number of nitrogens with zero attached hydrogens (tertiary/aromatic N) is 3. The Balaban J connectivity index is 1.60. The van der Waals surface area contributed by atoms with E-state index in [0.29, 0.717) is 24.2 Å². The Morgan fingerprint density at radius 3 is 2.24 bits per heavy atom. The average Bonchev–Trinajstić information content (AvgIpc) is 3.14. The van der Waals surface area contributed by atoms with Crippen molar-refractivity contribution in [3.8, 4) is 0 Å². The number of hydrogen-bond donors (Lipinski definition) is 1. The van der Waals surface area contributed by atoms with Crippen molar-refractivity contribution < 1.29 is 4.79 Å². The highest BCUT2D eigenvalue weighted by Gasteiger charge is 2.36. The maximum Gasteiger partial charge on any atom is 0.317 e. The fraction of sp³-hybridized carbons (Fsp3) is 0.850. The van der Waals surface area contributed by atoms with E-state index < -0.39 is 0 Å². The van der Waals surface area contributed by atoms with Gasteiger partial charge < -0.3 is 15.1 Å². The van der Waals surface area contributed by atoms with Gasteiger partial charge in [0.05, 0.1) is 0 Å². The first-order valence-corrected chi connectivity index (χ1v) is 10.1. The van der Waals surface area contributed by atoms with E-state index in [9.17, 15) is 4.79 Å². The summed E-state index contributed by atoms with van der Waals surface area (Å²) >= 11 is 0. The second-order valence-corrected chi connectivity index (χ2v) is 8.32. The number of likely N-dealkylation sites (N-methyl/N-ethyl adjacent to an activating group) is 2. The minimum atomic E-state index is 0.113. The summed E-state index contributed by atoms with van der Waals surface area (Å²) in [4.78, 5) is 19.8. The Kier molecular flexibility index (Phi) is 6.39. The van der Waals surface area contributed by atoms with E-state index in [1.165, 1.54) is 45.2 Å². The van der Waals surface area contributed by atoms with E-state index in [0.717, 1.165) is 19.3 Å². The maximum atomic E-state index is 12.7. The van der Waals surface area contributed by atoms with Gasteiger partial charge in [0.2, 0.25) is 0 Å². The van der Waals surface area contributed by atoms with Gasteiger partial charge in [-0.05, 0) is 65.7 Å². The fourth-order valence-corrected chi connectivity index (χ4v) is 4.85. The Morgan fingerprint density at radius 1 is 1.00 bits per heavy atom. The molecule has 2 amide bonds. The molecule has 142 valence electrons. The Morgan fingerprint density at radius 2 is 1.60 bits per heavy atom. The van der Waals surface area contributed by atoms with Crippen molar-refractivity contribution in [2.24, 2.45) is 0 Å². The molecule has 0 aromatic carbocycles. The first-order valence-electron chi connectivity index (χ1n) is 10.1. The van der Waals surface area contributed by atoms with Gasteiger partial charge in [-0.2, -0.15) is 0 Å². The summed E-state index contributed by atoms with van der Waals surface area (Å²) in [6, 6.07) is 1.91. The third kappa shape index (κ3) is 4.56. The third-order valence-electron chi connectivity index (χ3n) is 6.63. The minimum Gasteiger partial charge on any atom is -0.335 e. The van der Waals surface area contributed by atoms with Crippen molar-refractivity contribution in [2.75, 3.05) is 34.2 Å². The first-order chi connectivity index (χ1) is 12.1. The predicted molar refractivity (Wildman–Crippen MR) is 103 cm³/mol. The molecule has 2 fully saturated rings. The Hall–Kier alpha value is -1.07. The van der Waals surface area contributed by atoms with Crippen molar-refractivity contribution in [2.45, 2.75) is 75.5 Å². The molecule has 1 heterocycles. The zero-order valence-electron chi connectivity index (χ0n) is 16.3. The summed E-state index contributed by atoms with van der Waals surface area (Å²) in [7, 11) is 6.52. The normalized spacial score (nSPS) is 29.3. The van der Waals surface area contributed by atoms with E-state index in [1.807, 2.05) is 11.9 Å². The van der Waals surface area contributed by atoms with Crippen LogP contribution in [0.25, 0.3) is 0 Å². The zero-order chi connectivity index (χ0) is 17.8. The van der Waals surface area contributed by atoms with Gasteiger partial charge in [-0.3, -0.25) is 4.90 Å². The SMILES string of the molecule is CN1CCC(N(C)[C@@H]2CCCC[C@H]2N(C)C(=O)NC2CC=CC2)CC1. The smallest absolute Gasteiger partial charge is 0.317 e. The van der Waals surface area contributed by atoms with Crippen molar-refractivity contribution in [1.82, 2.24) is 20.0 Å². The van der Waals surface area contributed by atoms with Crippen molar-refractivity contribution in [3.05, 3.63) is 12.2 Å². The monoisotopic (exact) mass is 348 g/mol. The lowest BCUT2D eigenvalue weighted by molar-refractivity contribution is 0.0420. The molecule has 1 saturated carbocycles. The molecule has 3 aliphatic rings. The van der Waals surface area contributed by atoms with Crippen LogP contribution in [0, 0.1) is 0 Å². The van der Waals surface area contributed by atoms with Crippen LogP contribution in [0.3, 0.4) is 0 Å². The van der Waals surface area contributed by atoms with Crippen LogP contribution < -0.4 is 5.32 Å². The van der Waals surface area contributed by atoms with Crippen LogP contribution in [0.5, 0.6) is 0 Å². The lowest BCUT2D eigenvalue weighted by Crippen LogP contribution is -2.58. The zero-order valence-corrected chi connectivity index (χ0v) is 16.3. The number of carbonyl (C=O) groups excluding carboxylic acids is 1. The van der Waals surface area contributed by atoms with Crippen LogP contribution in [0.4, 0.5) is 4.79 Å². The molecular weight excluding hydrogens is 312 g/mol. The molecule has 0 bridgehead atoms. The molecule has 0 radical (unpaired) electrons. The number of piperidine rings is 1. The van der Waals surface area contributed by atoms with Gasteiger partial charge in [-0.15, -0.1) is 0 Å². The topological polar surface area (TPSA) is 38.8 Å². The van der Waals surface area contributed by atoms with E-state index in [1.54, 1.807) is 0 Å². The van der Waals surface area contributed by atoms with Gasteiger partial charge in [-0.1, -0.05) is 25.0 Å². The molecule has 1 N–H and O–H groups in total. The maximum absolute atomic E-state index is 12.7. The number of nitrogens with one attached hydrogen (secondary N) is 1. The highest BCUT2D eigenvalue weighted by Crippen LogP contribution is 2.29. The van der Waals surface area contributed by atoms with Gasteiger partial charge in [-0.25, -0.2) is 4.79 Å². The summed E-state index contributed by atoms with van der Waals surface area (Å²) < 4.78 is 0. The third-order valence-corrected chi connectivity index (χ3v) is 6.63. The number of urea groups is 1. The molecule has 0 spiro atoms. The predicted octanol–water partition coefficient (Wildman–Crippen LogP) is 2.68. The number of likely N-dealkylation sites (tertiary alicyclic amines) is 1. The Labute approximate surface area is 153 Å². The second-order valence-electron chi connectivity index (χ2n) is 8.32. The molecule has 2 aliphatic carbocycles. The molecule has 5 heteroatoms. The molecule has 1 aliphatic heterocycles. The highest BCUT2D eigenvalue weighted by molar-refractivity contribution is 5.74. The van der Waals surface area contributed by atoms with E-state index in [4.69, 9.17) is 0 Å². The molecular formula is C20H36N4O. The molecule has 0 unspecified atom stereocenters. The summed E-state index contributed by atoms with van der Waals surface area (Å²) in [5.74, 6) is 0. The molecule has 2 atom stereocenters. The van der Waals surface area contributed by atoms with Gasteiger partial charge in [0.15, 0.2) is 0 Å². The standard InChI is InChI=1S/C20H36N4O/c1-22-14-12-17(13-15-22)23(2)18-10-6-7-11-19(18)24(3)20(25)21-16-8-4-5-9-16/h4-5,16-19H,6-15H2,1-3H3,(H,21,25)/t18-,19-/m1/s1. The summed E-state index contributed by atoms with van der Waals surface area (Å²) in [6.07, 6.45) is 13.7. The Bertz CT molecular complexity index is 464. The molecule has 0 aromatic rings. The van der Waals surface area contributed by atoms with Gasteiger partial charge in [0, 0.05) is 31.2 Å². The van der Waals surface area contributed by atoms with Crippen molar-refractivity contribution >= 4 is 6.03 Å². The van der Waals surface area contributed by atoms with Crippen LogP contribution >= 0.6 is 0 Å². The quantitative estimate of drug-likeness (QED) is 0.794. The molecule has 1 saturated heterocycles. The fourth-order valence-electron chi connectivity index (χ4n) is 4.85. The van der Waals surface area contributed by atoms with E-state index in [2.05, 4.69) is 41.4 Å².